The van der Waals surface area contributed by atoms with Gasteiger partial charge in [0.15, 0.2) is 0 Å². The smallest absolute Gasteiger partial charge is 0.243 e. The molecule has 8 N–H and O–H groups in total. The third-order valence-electron chi connectivity index (χ3n) is 2.28. The Hall–Kier alpha value is -1.81. The number of hydrogen-bond acceptors (Lipinski definition) is 6. The van der Waals surface area contributed by atoms with Crippen molar-refractivity contribution < 1.29 is 19.2 Å². The summed E-state index contributed by atoms with van der Waals surface area (Å²) in [7, 11) is 0. The van der Waals surface area contributed by atoms with Crippen LogP contribution in [0.5, 0.6) is 0 Å². The predicted octanol–water partition coefficient (Wildman–Crippen LogP) is -3.40. The quantitative estimate of drug-likeness (QED) is 0.243. The van der Waals surface area contributed by atoms with Gasteiger partial charge in [-0.3, -0.25) is 19.2 Å². The molecular formula is C10H19N5O4S. The van der Waals surface area contributed by atoms with Gasteiger partial charge in [-0.1, -0.05) is 0 Å². The van der Waals surface area contributed by atoms with E-state index in [1.54, 1.807) is 0 Å². The minimum absolute atomic E-state index is 0.00897. The molecule has 0 heterocycles. The van der Waals surface area contributed by atoms with E-state index in [-0.39, 0.29) is 25.1 Å². The summed E-state index contributed by atoms with van der Waals surface area (Å²) in [4.78, 5) is 44.7. The molecule has 9 nitrogen and oxygen atoms in total. The van der Waals surface area contributed by atoms with Crippen molar-refractivity contribution in [2.75, 3.05) is 12.3 Å². The monoisotopic (exact) mass is 305 g/mol. The lowest BCUT2D eigenvalue weighted by Crippen LogP contribution is -2.53. The van der Waals surface area contributed by atoms with Crippen molar-refractivity contribution in [2.45, 2.75) is 24.9 Å². The van der Waals surface area contributed by atoms with Crippen LogP contribution in [0.2, 0.25) is 0 Å². The zero-order chi connectivity index (χ0) is 15.7. The molecule has 0 aliphatic heterocycles. The maximum absolute atomic E-state index is 11.8. The van der Waals surface area contributed by atoms with Crippen molar-refractivity contribution in [3.8, 4) is 0 Å². The molecule has 0 rings (SSSR count). The Bertz CT molecular complexity index is 390. The minimum Gasteiger partial charge on any atom is -0.370 e. The van der Waals surface area contributed by atoms with Crippen LogP contribution >= 0.6 is 12.6 Å². The highest BCUT2D eigenvalue weighted by Gasteiger charge is 2.23. The van der Waals surface area contributed by atoms with Crippen LogP contribution < -0.4 is 27.8 Å². The standard InChI is InChI=1S/C10H19N5O4S/c11-5(4-20)9(18)15-6(1-2-7(12)16)10(19)14-3-8(13)17/h5-6,20H,1-4,11H2,(H2,12,16)(H2,13,17)(H,14,19)(H,15,18)/t5-,6-/m0/s1. The highest BCUT2D eigenvalue weighted by molar-refractivity contribution is 7.80. The average molecular weight is 305 g/mol. The minimum atomic E-state index is -1.03. The molecule has 0 saturated heterocycles. The zero-order valence-corrected chi connectivity index (χ0v) is 11.7. The molecular weight excluding hydrogens is 286 g/mol. The number of carbonyl (C=O) groups excluding carboxylic acids is 4. The SMILES string of the molecule is NC(=O)CC[C@H](NC(=O)[C@@H](N)CS)C(=O)NCC(N)=O. The summed E-state index contributed by atoms with van der Waals surface area (Å²) in [5, 5.41) is 4.59. The molecule has 0 fully saturated rings. The second-order valence-electron chi connectivity index (χ2n) is 4.04. The molecule has 0 aromatic rings. The molecule has 0 aliphatic carbocycles. The summed E-state index contributed by atoms with van der Waals surface area (Å²) in [6.07, 6.45) is -0.115. The summed E-state index contributed by atoms with van der Waals surface area (Å²) < 4.78 is 0. The van der Waals surface area contributed by atoms with E-state index in [0.717, 1.165) is 0 Å². The molecule has 2 atom stereocenters. The van der Waals surface area contributed by atoms with Crippen molar-refractivity contribution in [2.24, 2.45) is 17.2 Å². The van der Waals surface area contributed by atoms with Crippen molar-refractivity contribution in [3.05, 3.63) is 0 Å². The Labute approximate surface area is 121 Å². The highest BCUT2D eigenvalue weighted by atomic mass is 32.1. The molecule has 0 radical (unpaired) electrons. The normalized spacial score (nSPS) is 13.1. The Morgan fingerprint density at radius 2 is 1.65 bits per heavy atom. The van der Waals surface area contributed by atoms with Gasteiger partial charge in [-0.15, -0.1) is 0 Å². The van der Waals surface area contributed by atoms with Gasteiger partial charge in [0.1, 0.15) is 6.04 Å². The van der Waals surface area contributed by atoms with Gasteiger partial charge < -0.3 is 27.8 Å². The lowest BCUT2D eigenvalue weighted by Gasteiger charge is -2.19. The topological polar surface area (TPSA) is 170 Å². The molecule has 0 spiro atoms. The number of carbonyl (C=O) groups is 4. The van der Waals surface area contributed by atoms with Crippen LogP contribution in [-0.2, 0) is 19.2 Å². The Morgan fingerprint density at radius 1 is 1.05 bits per heavy atom. The number of amides is 4. The van der Waals surface area contributed by atoms with Crippen LogP contribution in [0, 0.1) is 0 Å². The molecule has 0 unspecified atom stereocenters. The van der Waals surface area contributed by atoms with E-state index < -0.39 is 35.7 Å². The van der Waals surface area contributed by atoms with Crippen molar-refractivity contribution in [3.63, 3.8) is 0 Å². The molecule has 0 aromatic heterocycles. The van der Waals surface area contributed by atoms with Crippen molar-refractivity contribution >= 4 is 36.3 Å². The van der Waals surface area contributed by atoms with Gasteiger partial charge in [-0.2, -0.15) is 12.6 Å². The van der Waals surface area contributed by atoms with E-state index in [9.17, 15) is 19.2 Å². The number of thiol groups is 1. The lowest BCUT2D eigenvalue weighted by atomic mass is 10.1. The van der Waals surface area contributed by atoms with E-state index in [1.165, 1.54) is 0 Å². The third kappa shape index (κ3) is 7.59. The second kappa shape index (κ2) is 9.15. The molecule has 20 heavy (non-hydrogen) atoms. The van der Waals surface area contributed by atoms with Gasteiger partial charge in [-0.25, -0.2) is 0 Å². The Morgan fingerprint density at radius 3 is 2.10 bits per heavy atom. The molecule has 0 aliphatic rings. The highest BCUT2D eigenvalue weighted by Crippen LogP contribution is 1.99. The largest absolute Gasteiger partial charge is 0.370 e. The van der Waals surface area contributed by atoms with Gasteiger partial charge in [0.2, 0.25) is 23.6 Å². The summed E-state index contributed by atoms with van der Waals surface area (Å²) in [5.41, 5.74) is 15.3. The predicted molar refractivity (Wildman–Crippen MR) is 74.4 cm³/mol. The van der Waals surface area contributed by atoms with E-state index in [4.69, 9.17) is 17.2 Å². The number of nitrogens with one attached hydrogen (secondary N) is 2. The van der Waals surface area contributed by atoms with Gasteiger partial charge in [0, 0.05) is 12.2 Å². The van der Waals surface area contributed by atoms with Gasteiger partial charge >= 0.3 is 0 Å². The number of hydrogen-bond donors (Lipinski definition) is 6. The van der Waals surface area contributed by atoms with Gasteiger partial charge in [-0.05, 0) is 6.42 Å². The first-order valence-corrected chi connectivity index (χ1v) is 6.42. The van der Waals surface area contributed by atoms with Crippen molar-refractivity contribution in [1.82, 2.24) is 10.6 Å². The molecule has 4 amide bonds. The summed E-state index contributed by atoms with van der Waals surface area (Å²) >= 11 is 3.86. The maximum Gasteiger partial charge on any atom is 0.243 e. The number of rotatable bonds is 9. The number of nitrogens with two attached hydrogens (primary N) is 3. The summed E-state index contributed by atoms with van der Waals surface area (Å²) in [5.74, 6) is -2.50. The third-order valence-corrected chi connectivity index (χ3v) is 2.68. The zero-order valence-electron chi connectivity index (χ0n) is 10.8. The fourth-order valence-corrected chi connectivity index (χ4v) is 1.38. The Balaban J connectivity index is 4.62. The van der Waals surface area contributed by atoms with Crippen molar-refractivity contribution in [1.29, 1.82) is 0 Å². The fourth-order valence-electron chi connectivity index (χ4n) is 1.21. The van der Waals surface area contributed by atoms with E-state index in [1.807, 2.05) is 0 Å². The van der Waals surface area contributed by atoms with Crippen LogP contribution in [0.4, 0.5) is 0 Å². The molecule has 10 heteroatoms. The van der Waals surface area contributed by atoms with E-state index in [0.29, 0.717) is 0 Å². The molecule has 0 saturated carbocycles. The first kappa shape index (κ1) is 18.2. The van der Waals surface area contributed by atoms with Crippen LogP contribution in [0.15, 0.2) is 0 Å². The average Bonchev–Trinajstić information content (AvgIpc) is 2.38. The van der Waals surface area contributed by atoms with Gasteiger partial charge in [0.05, 0.1) is 12.6 Å². The maximum atomic E-state index is 11.8. The number of primary amides is 2. The molecule has 114 valence electrons. The van der Waals surface area contributed by atoms with Gasteiger partial charge in [0.25, 0.3) is 0 Å². The van der Waals surface area contributed by atoms with Crippen LogP contribution in [0.3, 0.4) is 0 Å². The molecule has 0 bridgehead atoms. The van der Waals surface area contributed by atoms with E-state index in [2.05, 4.69) is 23.3 Å². The second-order valence-corrected chi connectivity index (χ2v) is 4.40. The Kier molecular flexibility index (Phi) is 8.32. The summed E-state index contributed by atoms with van der Waals surface area (Å²) in [6, 6.07) is -1.92. The first-order chi connectivity index (χ1) is 9.27. The van der Waals surface area contributed by atoms with Crippen LogP contribution in [0.1, 0.15) is 12.8 Å². The molecule has 0 aromatic carbocycles. The van der Waals surface area contributed by atoms with Crippen LogP contribution in [-0.4, -0.2) is 48.0 Å². The first-order valence-electron chi connectivity index (χ1n) is 5.79. The van der Waals surface area contributed by atoms with Crippen LogP contribution in [0.25, 0.3) is 0 Å². The summed E-state index contributed by atoms with van der Waals surface area (Å²) in [6.45, 7) is -0.375. The fraction of sp³-hybridized carbons (Fsp3) is 0.600. The van der Waals surface area contributed by atoms with E-state index >= 15 is 0 Å². The lowest BCUT2D eigenvalue weighted by molar-refractivity contribution is -0.130.